The smallest absolute Gasteiger partial charge is 0.411 e. The Balaban J connectivity index is 2.70. The van der Waals surface area contributed by atoms with Gasteiger partial charge in [0, 0.05) is 59.5 Å². The first-order chi connectivity index (χ1) is 37.6. The van der Waals surface area contributed by atoms with Crippen molar-refractivity contribution >= 4 is 183 Å². The quantitative estimate of drug-likeness (QED) is 0.0237. The summed E-state index contributed by atoms with van der Waals surface area (Å²) in [6, 6.07) is 0. The van der Waals surface area contributed by atoms with Crippen molar-refractivity contribution in [1.82, 2.24) is 19.6 Å². The highest BCUT2D eigenvalue weighted by Gasteiger charge is 2.37. The zero-order valence-corrected chi connectivity index (χ0v) is 54.8. The minimum atomic E-state index is -1.56. The maximum atomic E-state index is 14.4. The highest BCUT2D eigenvalue weighted by Crippen LogP contribution is 2.39. The molecule has 2 aromatic rings. The second-order valence-electron chi connectivity index (χ2n) is 17.2. The van der Waals surface area contributed by atoms with E-state index in [4.69, 9.17) is 9.47 Å². The average Bonchev–Trinajstić information content (AvgIpc) is 3.42. The van der Waals surface area contributed by atoms with E-state index in [0.717, 1.165) is 19.6 Å². The second kappa shape index (κ2) is 37.2. The highest BCUT2D eigenvalue weighted by atomic mass is 127. The Morgan fingerprint density at radius 2 is 0.487 bits per heavy atom. The van der Waals surface area contributed by atoms with Gasteiger partial charge in [0.2, 0.25) is 0 Å². The Kier molecular flexibility index (Phi) is 34.8. The molecule has 0 spiro atoms. The molecule has 0 aliphatic rings. The molecule has 30 nitrogen and oxygen atoms in total. The van der Waals surface area contributed by atoms with Crippen LogP contribution >= 0.6 is 136 Å². The fourth-order valence-electron chi connectivity index (χ4n) is 6.93. The molecule has 2 aromatic carbocycles. The zero-order valence-electron chi connectivity index (χ0n) is 41.8. The van der Waals surface area contributed by atoms with Gasteiger partial charge in [-0.1, -0.05) is 0 Å². The van der Waals surface area contributed by atoms with Crippen LogP contribution in [0.1, 0.15) is 41.4 Å². The molecule has 6 amide bonds. The number of halogens is 6. The monoisotopic (exact) mass is 1820 g/mol. The standard InChI is InChI=1S/C44H62I6N6O24/c45-31-27(39(73)53(3-19(65)11-57)4-20(66)12-58)33(47)37(34(48)28(31)40(74)54(5-21(67)13-59)6-22(68)14-60)51-43(77)79-1-2-80-44(78)52-38-35(49)29(41(75)55(7-23(69)15-61)8-24(70)16-62)32(46)30(36(38)50)42(76)56(9-25(71)17-63)10-26(72)18-64/h19-26,57-72H,1-18H2,(H,51,77)(H,52,78). The molecule has 0 fully saturated rings. The summed E-state index contributed by atoms with van der Waals surface area (Å²) in [6.45, 7) is -13.0. The Hall–Kier alpha value is -1.40. The van der Waals surface area contributed by atoms with E-state index in [9.17, 15) is 110 Å². The molecule has 454 valence electrons. The molecule has 0 bridgehead atoms. The van der Waals surface area contributed by atoms with Crippen LogP contribution in [0.2, 0.25) is 0 Å². The Morgan fingerprint density at radius 1 is 0.325 bits per heavy atom. The van der Waals surface area contributed by atoms with Gasteiger partial charge < -0.3 is 111 Å². The van der Waals surface area contributed by atoms with Gasteiger partial charge in [-0.2, -0.15) is 0 Å². The van der Waals surface area contributed by atoms with Gasteiger partial charge in [0.15, 0.2) is 0 Å². The molecular formula is C44H62I6N6O24. The highest BCUT2D eigenvalue weighted by molar-refractivity contribution is 14.1. The molecule has 0 heterocycles. The molecule has 0 aliphatic heterocycles. The largest absolute Gasteiger partial charge is 0.446 e. The van der Waals surface area contributed by atoms with Crippen molar-refractivity contribution in [3.8, 4) is 0 Å². The summed E-state index contributed by atoms with van der Waals surface area (Å²) in [5, 5.41) is 164. The van der Waals surface area contributed by atoms with Crippen LogP contribution in [0.25, 0.3) is 0 Å². The fraction of sp³-hybridized carbons (Fsp3) is 0.591. The van der Waals surface area contributed by atoms with Crippen LogP contribution in [0.3, 0.4) is 0 Å². The maximum absolute atomic E-state index is 14.4. The number of nitrogens with zero attached hydrogens (tertiary/aromatic N) is 4. The van der Waals surface area contributed by atoms with Gasteiger partial charge in [-0.05, 0) is 136 Å². The molecule has 0 radical (unpaired) electrons. The third kappa shape index (κ3) is 21.8. The molecule has 0 aromatic heterocycles. The number of benzene rings is 2. The number of aliphatic hydroxyl groups is 16. The van der Waals surface area contributed by atoms with Crippen LogP contribution < -0.4 is 10.6 Å². The summed E-state index contributed by atoms with van der Waals surface area (Å²) < 4.78 is 10.0. The molecule has 8 atom stereocenters. The van der Waals surface area contributed by atoms with Gasteiger partial charge in [-0.25, -0.2) is 9.59 Å². The van der Waals surface area contributed by atoms with Crippen molar-refractivity contribution in [2.75, 3.05) is 129 Å². The van der Waals surface area contributed by atoms with Crippen molar-refractivity contribution in [2.24, 2.45) is 0 Å². The normalized spacial score (nSPS) is 14.4. The number of hydrogen-bond donors (Lipinski definition) is 18. The fourth-order valence-corrected chi connectivity index (χ4v) is 15.7. The lowest BCUT2D eigenvalue weighted by Gasteiger charge is -2.30. The number of carbonyl (C=O) groups is 6. The van der Waals surface area contributed by atoms with Crippen LogP contribution in [0.15, 0.2) is 0 Å². The second-order valence-corrected chi connectivity index (χ2v) is 23.7. The maximum Gasteiger partial charge on any atom is 0.411 e. The van der Waals surface area contributed by atoms with E-state index in [0.29, 0.717) is 0 Å². The number of anilines is 2. The van der Waals surface area contributed by atoms with Gasteiger partial charge in [-0.3, -0.25) is 29.8 Å². The number of amides is 6. The van der Waals surface area contributed by atoms with Crippen LogP contribution in [-0.4, -0.2) is 304 Å². The number of aliphatic hydroxyl groups excluding tert-OH is 16. The summed E-state index contributed by atoms with van der Waals surface area (Å²) in [6.07, 6.45) is -15.1. The lowest BCUT2D eigenvalue weighted by Crippen LogP contribution is -2.46. The number of rotatable bonds is 33. The third-order valence-corrected chi connectivity index (χ3v) is 17.2. The minimum Gasteiger partial charge on any atom is -0.446 e. The van der Waals surface area contributed by atoms with Crippen molar-refractivity contribution in [3.63, 3.8) is 0 Å². The Bertz CT molecular complexity index is 2080. The van der Waals surface area contributed by atoms with Crippen molar-refractivity contribution in [3.05, 3.63) is 43.7 Å². The Morgan fingerprint density at radius 3 is 0.637 bits per heavy atom. The van der Waals surface area contributed by atoms with Gasteiger partial charge in [0.1, 0.15) is 13.2 Å². The summed E-state index contributed by atoms with van der Waals surface area (Å²) >= 11 is 9.88. The summed E-state index contributed by atoms with van der Waals surface area (Å²) in [4.78, 5) is 88.2. The lowest BCUT2D eigenvalue weighted by molar-refractivity contribution is 0.0203. The minimum absolute atomic E-state index is 0.0724. The van der Waals surface area contributed by atoms with E-state index >= 15 is 0 Å². The van der Waals surface area contributed by atoms with E-state index in [1.807, 2.05) is 0 Å². The van der Waals surface area contributed by atoms with E-state index < -0.39 is 203 Å². The number of hydrogen-bond acceptors (Lipinski definition) is 24. The number of carbonyl (C=O) groups excluding carboxylic acids is 6. The predicted octanol–water partition coefficient (Wildman–Crippen LogP) is -4.29. The first-order valence-corrected chi connectivity index (χ1v) is 29.9. The van der Waals surface area contributed by atoms with E-state index in [-0.39, 0.29) is 55.0 Å². The van der Waals surface area contributed by atoms with E-state index in [1.54, 1.807) is 136 Å². The number of nitrogens with one attached hydrogen (secondary N) is 2. The summed E-state index contributed by atoms with van der Waals surface area (Å²) in [5.74, 6) is -4.00. The third-order valence-electron chi connectivity index (χ3n) is 10.8. The van der Waals surface area contributed by atoms with E-state index in [2.05, 4.69) is 10.6 Å². The van der Waals surface area contributed by atoms with Crippen molar-refractivity contribution in [2.45, 2.75) is 48.8 Å². The molecular weight excluding hydrogens is 1760 g/mol. The van der Waals surface area contributed by atoms with Gasteiger partial charge in [-0.15, -0.1) is 0 Å². The average molecular weight is 1820 g/mol. The molecule has 0 saturated carbocycles. The van der Waals surface area contributed by atoms with Crippen LogP contribution in [0, 0.1) is 21.4 Å². The van der Waals surface area contributed by atoms with Gasteiger partial charge >= 0.3 is 12.2 Å². The van der Waals surface area contributed by atoms with Gasteiger partial charge in [0.25, 0.3) is 23.6 Å². The zero-order chi connectivity index (χ0) is 60.9. The molecule has 80 heavy (non-hydrogen) atoms. The number of ether oxygens (including phenoxy) is 2. The van der Waals surface area contributed by atoms with Crippen LogP contribution in [0.5, 0.6) is 0 Å². The Labute approximate surface area is 538 Å². The molecule has 2 rings (SSSR count). The summed E-state index contributed by atoms with van der Waals surface area (Å²) in [5.41, 5.74) is -1.87. The molecule has 8 unspecified atom stereocenters. The molecule has 0 saturated heterocycles. The summed E-state index contributed by atoms with van der Waals surface area (Å²) in [7, 11) is 0. The molecule has 36 heteroatoms. The predicted molar refractivity (Wildman–Crippen MR) is 327 cm³/mol. The lowest BCUT2D eigenvalue weighted by atomic mass is 10.1. The molecule has 18 N–H and O–H groups in total. The molecule has 0 aliphatic carbocycles. The van der Waals surface area contributed by atoms with Crippen molar-refractivity contribution in [1.29, 1.82) is 0 Å². The SMILES string of the molecule is O=C(Nc1c(I)c(C(=O)N(CC(O)CO)CC(O)CO)c(I)c(C(=O)N(CC(O)CO)CC(O)CO)c1I)OCCOC(=O)Nc1c(I)c(C(=O)N(CC(O)CO)CC(O)CO)c(I)c(C(=O)N(CC(O)CO)CC(O)CO)c1I. The van der Waals surface area contributed by atoms with Crippen molar-refractivity contribution < 1.29 is 120 Å². The van der Waals surface area contributed by atoms with Crippen LogP contribution in [0.4, 0.5) is 21.0 Å². The van der Waals surface area contributed by atoms with Crippen LogP contribution in [-0.2, 0) is 9.47 Å². The van der Waals surface area contributed by atoms with Gasteiger partial charge in [0.05, 0.1) is 150 Å². The van der Waals surface area contributed by atoms with E-state index in [1.165, 1.54) is 0 Å². The first-order valence-electron chi connectivity index (χ1n) is 23.4. The topological polar surface area (TPSA) is 482 Å². The first kappa shape index (κ1) is 74.7.